The molecule has 0 radical (unpaired) electrons. The quantitative estimate of drug-likeness (QED) is 0.436. The van der Waals surface area contributed by atoms with Gasteiger partial charge >= 0.3 is 12.4 Å². The van der Waals surface area contributed by atoms with Crippen LogP contribution >= 0.6 is 11.8 Å². The third-order valence-corrected chi connectivity index (χ3v) is 6.21. The van der Waals surface area contributed by atoms with Crippen LogP contribution in [0, 0.1) is 18.3 Å². The second-order valence-electron chi connectivity index (χ2n) is 7.75. The fraction of sp³-hybridized carbons (Fsp3) is 0.455. The standard InChI is InChI=1S/C22H21F6N3OS/c1-2-8-29-19-18(33-20(32)30-19)11-14-4-3-9-31(10-7-14)13-15-5-6-16(21(23,24)25)12-17(15)22(26,27)28/h1,5-6,11-12,14H,3-4,7-10,13H2,(H,29,30,32)/b18-11-. The Morgan fingerprint density at radius 1 is 1.18 bits per heavy atom. The van der Waals surface area contributed by atoms with Crippen molar-refractivity contribution in [3.63, 3.8) is 0 Å². The second-order valence-corrected chi connectivity index (χ2v) is 8.76. The first kappa shape index (κ1) is 25.2. The smallest absolute Gasteiger partial charge is 0.300 e. The van der Waals surface area contributed by atoms with Crippen LogP contribution in [0.25, 0.3) is 0 Å². The monoisotopic (exact) mass is 489 g/mol. The molecule has 0 bridgehead atoms. The van der Waals surface area contributed by atoms with Gasteiger partial charge in [-0.05, 0) is 67.7 Å². The zero-order valence-corrected chi connectivity index (χ0v) is 18.2. The normalized spacial score (nSPS) is 22.9. The number of nitrogens with one attached hydrogen (secondary N) is 1. The van der Waals surface area contributed by atoms with Crippen LogP contribution in [-0.2, 0) is 18.9 Å². The minimum atomic E-state index is -4.89. The number of alkyl halides is 6. The highest BCUT2D eigenvalue weighted by Crippen LogP contribution is 2.38. The van der Waals surface area contributed by atoms with Gasteiger partial charge in [0.1, 0.15) is 12.4 Å². The fourth-order valence-electron chi connectivity index (χ4n) is 3.80. The number of nitrogens with zero attached hydrogens (tertiary/aromatic N) is 2. The average molecular weight is 489 g/mol. The Kier molecular flexibility index (Phi) is 7.80. The summed E-state index contributed by atoms with van der Waals surface area (Å²) in [5.41, 5.74) is -2.76. The van der Waals surface area contributed by atoms with Crippen LogP contribution in [0.2, 0.25) is 0 Å². The molecule has 2 fully saturated rings. The lowest BCUT2D eigenvalue weighted by Crippen LogP contribution is -2.26. The maximum Gasteiger partial charge on any atom is 0.416 e. The number of carbonyl (C=O) groups excluding carboxylic acids is 1. The van der Waals surface area contributed by atoms with Gasteiger partial charge < -0.3 is 5.32 Å². The van der Waals surface area contributed by atoms with Crippen LogP contribution < -0.4 is 5.32 Å². The number of amidine groups is 1. The van der Waals surface area contributed by atoms with Crippen molar-refractivity contribution in [2.45, 2.75) is 38.2 Å². The molecule has 4 nitrogen and oxygen atoms in total. The highest BCUT2D eigenvalue weighted by atomic mass is 32.2. The van der Waals surface area contributed by atoms with Crippen molar-refractivity contribution in [2.24, 2.45) is 10.9 Å². The summed E-state index contributed by atoms with van der Waals surface area (Å²) >= 11 is 1.02. The number of thioether (sulfide) groups is 1. The van der Waals surface area contributed by atoms with E-state index < -0.39 is 23.5 Å². The van der Waals surface area contributed by atoms with E-state index in [2.05, 4.69) is 16.2 Å². The summed E-state index contributed by atoms with van der Waals surface area (Å²) in [4.78, 5) is 18.3. The van der Waals surface area contributed by atoms with Crippen LogP contribution in [0.4, 0.5) is 31.1 Å². The molecule has 33 heavy (non-hydrogen) atoms. The van der Waals surface area contributed by atoms with Crippen molar-refractivity contribution in [1.29, 1.82) is 0 Å². The van der Waals surface area contributed by atoms with Crippen molar-refractivity contribution < 1.29 is 31.1 Å². The van der Waals surface area contributed by atoms with Crippen molar-refractivity contribution in [3.05, 3.63) is 45.9 Å². The predicted molar refractivity (Wildman–Crippen MR) is 114 cm³/mol. The number of benzene rings is 1. The van der Waals surface area contributed by atoms with E-state index in [0.717, 1.165) is 24.2 Å². The minimum absolute atomic E-state index is 0.0796. The summed E-state index contributed by atoms with van der Waals surface area (Å²) in [6, 6.07) is 1.78. The van der Waals surface area contributed by atoms with Crippen molar-refractivity contribution >= 4 is 22.8 Å². The first-order chi connectivity index (χ1) is 15.5. The van der Waals surface area contributed by atoms with E-state index in [0.29, 0.717) is 42.7 Å². The van der Waals surface area contributed by atoms with Crippen LogP contribution in [0.3, 0.4) is 0 Å². The van der Waals surface area contributed by atoms with E-state index in [1.54, 1.807) is 0 Å². The van der Waals surface area contributed by atoms with Gasteiger partial charge in [-0.25, -0.2) is 0 Å². The molecule has 1 atom stereocenters. The summed E-state index contributed by atoms with van der Waals surface area (Å²) in [5.74, 6) is 2.87. The molecular formula is C22H21F6N3OS. The Balaban J connectivity index is 1.72. The third-order valence-electron chi connectivity index (χ3n) is 5.37. The maximum absolute atomic E-state index is 13.4. The summed E-state index contributed by atoms with van der Waals surface area (Å²) < 4.78 is 79.0. The lowest BCUT2D eigenvalue weighted by molar-refractivity contribution is -0.143. The van der Waals surface area contributed by atoms with Gasteiger partial charge in [-0.2, -0.15) is 26.3 Å². The molecule has 2 aliphatic rings. The lowest BCUT2D eigenvalue weighted by atomic mass is 10.00. The molecule has 1 unspecified atom stereocenters. The molecule has 3 rings (SSSR count). The summed E-state index contributed by atoms with van der Waals surface area (Å²) in [7, 11) is 0. The van der Waals surface area contributed by atoms with Gasteiger partial charge in [-0.15, -0.1) is 6.42 Å². The molecule has 1 aromatic carbocycles. The highest BCUT2D eigenvalue weighted by molar-refractivity contribution is 8.18. The van der Waals surface area contributed by atoms with Gasteiger partial charge in [0, 0.05) is 6.54 Å². The lowest BCUT2D eigenvalue weighted by Gasteiger charge is -2.23. The zero-order valence-electron chi connectivity index (χ0n) is 17.4. The van der Waals surface area contributed by atoms with Gasteiger partial charge in [0.15, 0.2) is 0 Å². The van der Waals surface area contributed by atoms with Crippen molar-refractivity contribution in [3.8, 4) is 12.3 Å². The molecule has 0 aliphatic carbocycles. The summed E-state index contributed by atoms with van der Waals surface area (Å²) in [6.07, 6.45) is -0.512. The molecule has 0 saturated carbocycles. The fourth-order valence-corrected chi connectivity index (χ4v) is 4.62. The number of allylic oxidation sites excluding steroid dienone is 1. The molecule has 2 heterocycles. The number of terminal acetylenes is 1. The van der Waals surface area contributed by atoms with Gasteiger partial charge in [0.2, 0.25) is 0 Å². The van der Waals surface area contributed by atoms with Gasteiger partial charge in [0.25, 0.3) is 5.24 Å². The van der Waals surface area contributed by atoms with Gasteiger partial charge in [-0.3, -0.25) is 14.7 Å². The number of likely N-dealkylation sites (tertiary alicyclic amines) is 1. The van der Waals surface area contributed by atoms with Crippen molar-refractivity contribution in [1.82, 2.24) is 10.2 Å². The first-order valence-corrected chi connectivity index (χ1v) is 11.0. The molecule has 1 aromatic rings. The summed E-state index contributed by atoms with van der Waals surface area (Å²) in [6.45, 7) is 1.01. The Labute approximate surface area is 191 Å². The zero-order chi connectivity index (χ0) is 24.2. The molecule has 0 spiro atoms. The molecule has 1 amide bonds. The number of hydrogen-bond acceptors (Lipinski definition) is 4. The average Bonchev–Trinajstić information content (AvgIpc) is 2.91. The molecule has 0 aromatic heterocycles. The van der Waals surface area contributed by atoms with Crippen molar-refractivity contribution in [2.75, 3.05) is 19.6 Å². The number of rotatable bonds is 4. The Morgan fingerprint density at radius 3 is 2.61 bits per heavy atom. The molecular weight excluding hydrogens is 468 g/mol. The van der Waals surface area contributed by atoms with E-state index in [9.17, 15) is 31.1 Å². The Morgan fingerprint density at radius 2 is 1.94 bits per heavy atom. The minimum Gasteiger partial charge on any atom is -0.300 e. The van der Waals surface area contributed by atoms with Crippen LogP contribution in [-0.4, -0.2) is 35.6 Å². The molecule has 178 valence electrons. The molecule has 2 saturated heterocycles. The summed E-state index contributed by atoms with van der Waals surface area (Å²) in [5, 5.41) is 2.38. The van der Waals surface area contributed by atoms with E-state index in [4.69, 9.17) is 6.42 Å². The second kappa shape index (κ2) is 10.2. The molecule has 1 N–H and O–H groups in total. The predicted octanol–water partition coefficient (Wildman–Crippen LogP) is 5.70. The SMILES string of the molecule is C#CCN=C1NC(=O)S/C1=C\C1CCCN(Cc2ccc(C(F)(F)F)cc2C(F)(F)F)CC1. The number of amides is 1. The Hall–Kier alpha value is -2.45. The number of halogens is 6. The van der Waals surface area contributed by atoms with E-state index in [1.807, 2.05) is 11.0 Å². The first-order valence-electron chi connectivity index (χ1n) is 10.2. The van der Waals surface area contributed by atoms with Crippen LogP contribution in [0.1, 0.15) is 36.0 Å². The Bertz CT molecular complexity index is 993. The number of aliphatic imine (C=N–C) groups is 1. The third kappa shape index (κ3) is 6.77. The van der Waals surface area contributed by atoms with E-state index >= 15 is 0 Å². The molecule has 11 heteroatoms. The van der Waals surface area contributed by atoms with E-state index in [-0.39, 0.29) is 35.9 Å². The molecule has 2 aliphatic heterocycles. The highest BCUT2D eigenvalue weighted by Gasteiger charge is 2.38. The number of hydrogen-bond donors (Lipinski definition) is 1. The van der Waals surface area contributed by atoms with Crippen LogP contribution in [0.5, 0.6) is 0 Å². The number of carbonyl (C=O) groups is 1. The topological polar surface area (TPSA) is 44.7 Å². The van der Waals surface area contributed by atoms with Gasteiger partial charge in [0.05, 0.1) is 16.0 Å². The van der Waals surface area contributed by atoms with E-state index in [1.165, 1.54) is 0 Å². The van der Waals surface area contributed by atoms with Gasteiger partial charge in [-0.1, -0.05) is 18.1 Å². The van der Waals surface area contributed by atoms with Crippen LogP contribution in [0.15, 0.2) is 34.2 Å². The largest absolute Gasteiger partial charge is 0.416 e. The maximum atomic E-state index is 13.4.